The summed E-state index contributed by atoms with van der Waals surface area (Å²) in [4.78, 5) is 18.3. The van der Waals surface area contributed by atoms with Gasteiger partial charge in [0, 0.05) is 25.0 Å². The first-order valence-electron chi connectivity index (χ1n) is 6.69. The summed E-state index contributed by atoms with van der Waals surface area (Å²) in [5.41, 5.74) is 1.39. The molecule has 20 heavy (non-hydrogen) atoms. The number of hydrogen-bond donors (Lipinski definition) is 0. The number of amides is 1. The standard InChI is InChI=1S/C16H15FN2O/c17-14-5-1-3-12(9-14)11-19(15-6-7-15)16(20)13-4-2-8-18-10-13/h1-5,8-10,15H,6-7,11H2. The molecule has 1 heterocycles. The van der Waals surface area contributed by atoms with Crippen LogP contribution in [0.1, 0.15) is 28.8 Å². The van der Waals surface area contributed by atoms with Gasteiger partial charge in [-0.15, -0.1) is 0 Å². The molecule has 102 valence electrons. The van der Waals surface area contributed by atoms with Crippen LogP contribution in [0.15, 0.2) is 48.8 Å². The number of pyridine rings is 1. The Morgan fingerprint density at radius 3 is 2.80 bits per heavy atom. The van der Waals surface area contributed by atoms with Gasteiger partial charge < -0.3 is 4.90 Å². The van der Waals surface area contributed by atoms with E-state index in [1.165, 1.54) is 12.1 Å². The highest BCUT2D eigenvalue weighted by atomic mass is 19.1. The Morgan fingerprint density at radius 1 is 1.30 bits per heavy atom. The number of aromatic nitrogens is 1. The summed E-state index contributed by atoms with van der Waals surface area (Å²) in [5.74, 6) is -0.308. The molecule has 1 aliphatic rings. The lowest BCUT2D eigenvalue weighted by Gasteiger charge is -2.22. The third kappa shape index (κ3) is 2.85. The van der Waals surface area contributed by atoms with Gasteiger partial charge >= 0.3 is 0 Å². The molecule has 0 saturated heterocycles. The van der Waals surface area contributed by atoms with E-state index in [0.717, 1.165) is 18.4 Å². The Bertz CT molecular complexity index is 611. The van der Waals surface area contributed by atoms with Crippen LogP contribution in [-0.2, 0) is 6.54 Å². The molecule has 0 unspecified atom stereocenters. The number of carbonyl (C=O) groups is 1. The third-order valence-corrected chi connectivity index (χ3v) is 3.40. The molecule has 1 aliphatic carbocycles. The second-order valence-electron chi connectivity index (χ2n) is 5.04. The van der Waals surface area contributed by atoms with Crippen molar-refractivity contribution in [3.63, 3.8) is 0 Å². The molecule has 0 N–H and O–H groups in total. The number of carbonyl (C=O) groups excluding carboxylic acids is 1. The molecule has 1 aromatic carbocycles. The summed E-state index contributed by atoms with van der Waals surface area (Å²) in [6, 6.07) is 10.2. The van der Waals surface area contributed by atoms with Gasteiger partial charge in [0.15, 0.2) is 0 Å². The Labute approximate surface area is 117 Å². The first-order valence-corrected chi connectivity index (χ1v) is 6.69. The molecular weight excluding hydrogens is 255 g/mol. The van der Waals surface area contributed by atoms with Gasteiger partial charge in [0.2, 0.25) is 0 Å². The minimum absolute atomic E-state index is 0.0372. The molecule has 1 saturated carbocycles. The van der Waals surface area contributed by atoms with E-state index >= 15 is 0 Å². The minimum atomic E-state index is -0.271. The predicted molar refractivity (Wildman–Crippen MR) is 73.5 cm³/mol. The largest absolute Gasteiger partial charge is 0.331 e. The fourth-order valence-corrected chi connectivity index (χ4v) is 2.24. The molecule has 1 amide bonds. The topological polar surface area (TPSA) is 33.2 Å². The third-order valence-electron chi connectivity index (χ3n) is 3.40. The van der Waals surface area contributed by atoms with Crippen molar-refractivity contribution in [1.82, 2.24) is 9.88 Å². The molecular formula is C16H15FN2O. The summed E-state index contributed by atoms with van der Waals surface area (Å²) < 4.78 is 13.2. The van der Waals surface area contributed by atoms with Crippen molar-refractivity contribution >= 4 is 5.91 Å². The molecule has 0 spiro atoms. The molecule has 1 aromatic heterocycles. The number of halogens is 1. The van der Waals surface area contributed by atoms with Gasteiger partial charge in [0.05, 0.1) is 5.56 Å². The van der Waals surface area contributed by atoms with Gasteiger partial charge in [-0.2, -0.15) is 0 Å². The average molecular weight is 270 g/mol. The fourth-order valence-electron chi connectivity index (χ4n) is 2.24. The van der Waals surface area contributed by atoms with E-state index in [2.05, 4.69) is 4.98 Å². The first kappa shape index (κ1) is 12.8. The van der Waals surface area contributed by atoms with E-state index in [9.17, 15) is 9.18 Å². The summed E-state index contributed by atoms with van der Waals surface area (Å²) >= 11 is 0. The van der Waals surface area contributed by atoms with Crippen molar-refractivity contribution in [2.24, 2.45) is 0 Å². The monoisotopic (exact) mass is 270 g/mol. The van der Waals surface area contributed by atoms with Crippen LogP contribution in [0.2, 0.25) is 0 Å². The molecule has 0 bridgehead atoms. The maximum Gasteiger partial charge on any atom is 0.255 e. The van der Waals surface area contributed by atoms with Crippen LogP contribution < -0.4 is 0 Å². The van der Waals surface area contributed by atoms with E-state index in [1.54, 1.807) is 30.6 Å². The number of rotatable bonds is 4. The Kier molecular flexibility index (Phi) is 3.46. The van der Waals surface area contributed by atoms with Gasteiger partial charge in [0.1, 0.15) is 5.82 Å². The van der Waals surface area contributed by atoms with Crippen LogP contribution in [0.3, 0.4) is 0 Å². The summed E-state index contributed by atoms with van der Waals surface area (Å²) in [6.07, 6.45) is 5.25. The van der Waals surface area contributed by atoms with Gasteiger partial charge in [-0.3, -0.25) is 9.78 Å². The Morgan fingerprint density at radius 2 is 2.15 bits per heavy atom. The Balaban J connectivity index is 1.81. The van der Waals surface area contributed by atoms with Crippen LogP contribution in [0, 0.1) is 5.82 Å². The van der Waals surface area contributed by atoms with Gasteiger partial charge in [-0.1, -0.05) is 12.1 Å². The molecule has 0 radical (unpaired) electrons. The molecule has 1 fully saturated rings. The van der Waals surface area contributed by atoms with Crippen molar-refractivity contribution in [2.75, 3.05) is 0 Å². The smallest absolute Gasteiger partial charge is 0.255 e. The minimum Gasteiger partial charge on any atom is -0.331 e. The van der Waals surface area contributed by atoms with E-state index in [1.807, 2.05) is 11.0 Å². The lowest BCUT2D eigenvalue weighted by molar-refractivity contribution is 0.0729. The zero-order valence-electron chi connectivity index (χ0n) is 11.0. The molecule has 0 aliphatic heterocycles. The van der Waals surface area contributed by atoms with Crippen LogP contribution in [-0.4, -0.2) is 21.8 Å². The van der Waals surface area contributed by atoms with Crippen molar-refractivity contribution in [3.8, 4) is 0 Å². The van der Waals surface area contributed by atoms with Crippen LogP contribution in [0.25, 0.3) is 0 Å². The van der Waals surface area contributed by atoms with E-state index in [4.69, 9.17) is 0 Å². The fraction of sp³-hybridized carbons (Fsp3) is 0.250. The second kappa shape index (κ2) is 5.41. The normalized spacial score (nSPS) is 14.1. The van der Waals surface area contributed by atoms with Crippen LogP contribution in [0.4, 0.5) is 4.39 Å². The van der Waals surface area contributed by atoms with Crippen molar-refractivity contribution in [3.05, 3.63) is 65.7 Å². The summed E-state index contributed by atoms with van der Waals surface area (Å²) in [6.45, 7) is 0.441. The van der Waals surface area contributed by atoms with E-state index < -0.39 is 0 Å². The average Bonchev–Trinajstić information content (AvgIpc) is 3.30. The highest BCUT2D eigenvalue weighted by Crippen LogP contribution is 2.29. The highest BCUT2D eigenvalue weighted by Gasteiger charge is 2.33. The molecule has 0 atom stereocenters. The summed E-state index contributed by atoms with van der Waals surface area (Å²) in [5, 5.41) is 0. The number of benzene rings is 1. The molecule has 3 nitrogen and oxygen atoms in total. The number of nitrogens with zero attached hydrogens (tertiary/aromatic N) is 2. The highest BCUT2D eigenvalue weighted by molar-refractivity contribution is 5.94. The van der Waals surface area contributed by atoms with Gasteiger partial charge in [-0.25, -0.2) is 4.39 Å². The molecule has 2 aromatic rings. The van der Waals surface area contributed by atoms with Crippen LogP contribution >= 0.6 is 0 Å². The predicted octanol–water partition coefficient (Wildman–Crippen LogP) is 3.03. The van der Waals surface area contributed by atoms with Crippen molar-refractivity contribution < 1.29 is 9.18 Å². The van der Waals surface area contributed by atoms with E-state index in [0.29, 0.717) is 12.1 Å². The second-order valence-corrected chi connectivity index (χ2v) is 5.04. The Hall–Kier alpha value is -2.23. The zero-order valence-corrected chi connectivity index (χ0v) is 11.0. The maximum atomic E-state index is 13.2. The zero-order chi connectivity index (χ0) is 13.9. The van der Waals surface area contributed by atoms with Crippen molar-refractivity contribution in [2.45, 2.75) is 25.4 Å². The lowest BCUT2D eigenvalue weighted by atomic mass is 10.1. The SMILES string of the molecule is O=C(c1cccnc1)N(Cc1cccc(F)c1)C1CC1. The number of hydrogen-bond acceptors (Lipinski definition) is 2. The van der Waals surface area contributed by atoms with Crippen molar-refractivity contribution in [1.29, 1.82) is 0 Å². The van der Waals surface area contributed by atoms with E-state index in [-0.39, 0.29) is 17.8 Å². The van der Waals surface area contributed by atoms with Gasteiger partial charge in [-0.05, 0) is 42.7 Å². The first-order chi connectivity index (χ1) is 9.74. The van der Waals surface area contributed by atoms with Crippen LogP contribution in [0.5, 0.6) is 0 Å². The summed E-state index contributed by atoms with van der Waals surface area (Å²) in [7, 11) is 0. The maximum absolute atomic E-state index is 13.2. The quantitative estimate of drug-likeness (QED) is 0.855. The molecule has 3 rings (SSSR count). The lowest BCUT2D eigenvalue weighted by Crippen LogP contribution is -2.32. The van der Waals surface area contributed by atoms with Gasteiger partial charge in [0.25, 0.3) is 5.91 Å². The molecule has 4 heteroatoms.